The van der Waals surface area contributed by atoms with Gasteiger partial charge in [-0.25, -0.2) is 0 Å². The van der Waals surface area contributed by atoms with Gasteiger partial charge in [0.25, 0.3) is 0 Å². The van der Waals surface area contributed by atoms with Gasteiger partial charge in [-0.1, -0.05) is 6.07 Å². The van der Waals surface area contributed by atoms with Crippen LogP contribution in [0.2, 0.25) is 0 Å². The molecular formula is C13H15N5S. The summed E-state index contributed by atoms with van der Waals surface area (Å²) >= 11 is 1.71. The molecule has 3 rings (SSSR count). The fraction of sp³-hybridized carbons (Fsp3) is 0.231. The molecule has 0 saturated heterocycles. The maximum Gasteiger partial charge on any atom is 0.0825 e. The van der Waals surface area contributed by atoms with Crippen molar-refractivity contribution in [2.45, 2.75) is 20.4 Å². The summed E-state index contributed by atoms with van der Waals surface area (Å²) in [6.07, 6.45) is 1.87. The number of aromatic amines is 2. The maximum atomic E-state index is 4.18. The molecule has 6 heteroatoms. The van der Waals surface area contributed by atoms with E-state index in [1.165, 1.54) is 4.88 Å². The number of aromatic nitrogens is 4. The average molecular weight is 273 g/mol. The van der Waals surface area contributed by atoms with Crippen LogP contribution in [0.25, 0.3) is 10.6 Å². The number of aryl methyl sites for hydroxylation is 2. The van der Waals surface area contributed by atoms with Gasteiger partial charge in [-0.05, 0) is 25.3 Å². The van der Waals surface area contributed by atoms with E-state index in [-0.39, 0.29) is 0 Å². The van der Waals surface area contributed by atoms with Gasteiger partial charge in [0.1, 0.15) is 0 Å². The number of nitrogens with one attached hydrogen (secondary N) is 3. The van der Waals surface area contributed by atoms with Gasteiger partial charge < -0.3 is 5.32 Å². The monoisotopic (exact) mass is 273 g/mol. The highest BCUT2D eigenvalue weighted by Gasteiger charge is 2.10. The molecule has 0 amide bonds. The van der Waals surface area contributed by atoms with Gasteiger partial charge in [0.2, 0.25) is 0 Å². The fourth-order valence-corrected chi connectivity index (χ4v) is 2.83. The summed E-state index contributed by atoms with van der Waals surface area (Å²) in [5, 5.41) is 19.8. The third kappa shape index (κ3) is 2.26. The molecule has 19 heavy (non-hydrogen) atoms. The topological polar surface area (TPSA) is 69.4 Å². The van der Waals surface area contributed by atoms with Crippen LogP contribution in [0.1, 0.15) is 17.0 Å². The lowest BCUT2D eigenvalue weighted by Crippen LogP contribution is -2.01. The molecule has 3 heterocycles. The van der Waals surface area contributed by atoms with Crippen molar-refractivity contribution in [3.63, 3.8) is 0 Å². The van der Waals surface area contributed by atoms with Gasteiger partial charge in [-0.15, -0.1) is 11.3 Å². The summed E-state index contributed by atoms with van der Waals surface area (Å²) in [5.74, 6) is 0. The van der Waals surface area contributed by atoms with Crippen molar-refractivity contribution in [2.75, 3.05) is 5.32 Å². The quantitative estimate of drug-likeness (QED) is 0.684. The van der Waals surface area contributed by atoms with Crippen LogP contribution in [0.4, 0.5) is 5.69 Å². The number of H-pyrrole nitrogens is 2. The van der Waals surface area contributed by atoms with Crippen LogP contribution >= 0.6 is 11.3 Å². The summed E-state index contributed by atoms with van der Waals surface area (Å²) < 4.78 is 0. The second kappa shape index (κ2) is 4.89. The van der Waals surface area contributed by atoms with Gasteiger partial charge in [-0.3, -0.25) is 10.2 Å². The molecular weight excluding hydrogens is 258 g/mol. The minimum atomic E-state index is 0.727. The Morgan fingerprint density at radius 2 is 2.21 bits per heavy atom. The van der Waals surface area contributed by atoms with Gasteiger partial charge in [0.15, 0.2) is 0 Å². The van der Waals surface area contributed by atoms with E-state index in [0.29, 0.717) is 0 Å². The van der Waals surface area contributed by atoms with Crippen LogP contribution < -0.4 is 5.32 Å². The largest absolute Gasteiger partial charge is 0.378 e. The molecule has 0 spiro atoms. The lowest BCUT2D eigenvalue weighted by molar-refractivity contribution is 1.02. The van der Waals surface area contributed by atoms with E-state index in [1.54, 1.807) is 11.3 Å². The Labute approximate surface area is 115 Å². The number of thiophene rings is 1. The minimum absolute atomic E-state index is 0.727. The van der Waals surface area contributed by atoms with Crippen LogP contribution in [0.3, 0.4) is 0 Å². The van der Waals surface area contributed by atoms with E-state index in [2.05, 4.69) is 37.2 Å². The van der Waals surface area contributed by atoms with Crippen molar-refractivity contribution in [1.82, 2.24) is 20.4 Å². The predicted molar refractivity (Wildman–Crippen MR) is 77.3 cm³/mol. The molecule has 3 aromatic rings. The summed E-state index contributed by atoms with van der Waals surface area (Å²) in [7, 11) is 0. The third-order valence-electron chi connectivity index (χ3n) is 3.07. The Balaban J connectivity index is 1.80. The SMILES string of the molecule is Cc1n[nH]c(C)c1NCc1cn[nH]c1-c1cccs1. The second-order valence-corrected chi connectivity index (χ2v) is 5.36. The number of rotatable bonds is 4. The number of nitrogens with zero attached hydrogens (tertiary/aromatic N) is 2. The molecule has 0 bridgehead atoms. The lowest BCUT2D eigenvalue weighted by Gasteiger charge is -2.06. The summed E-state index contributed by atoms with van der Waals surface area (Å²) in [6, 6.07) is 4.14. The van der Waals surface area contributed by atoms with E-state index in [0.717, 1.165) is 34.9 Å². The molecule has 0 saturated carbocycles. The predicted octanol–water partition coefficient (Wildman–Crippen LogP) is 3.09. The molecule has 0 aliphatic carbocycles. The number of hydrogen-bond acceptors (Lipinski definition) is 4. The average Bonchev–Trinajstić information content (AvgIpc) is 3.09. The van der Waals surface area contributed by atoms with Crippen molar-refractivity contribution >= 4 is 17.0 Å². The molecule has 98 valence electrons. The molecule has 3 aromatic heterocycles. The van der Waals surface area contributed by atoms with Crippen LogP contribution in [0.5, 0.6) is 0 Å². The second-order valence-electron chi connectivity index (χ2n) is 4.41. The van der Waals surface area contributed by atoms with Crippen LogP contribution in [0.15, 0.2) is 23.7 Å². The molecule has 0 atom stereocenters. The molecule has 0 aromatic carbocycles. The third-order valence-corrected chi connectivity index (χ3v) is 3.96. The van der Waals surface area contributed by atoms with Crippen molar-refractivity contribution in [3.8, 4) is 10.6 Å². The lowest BCUT2D eigenvalue weighted by atomic mass is 10.2. The molecule has 0 fully saturated rings. The van der Waals surface area contributed by atoms with Gasteiger partial charge in [0.05, 0.1) is 33.8 Å². The van der Waals surface area contributed by atoms with E-state index in [1.807, 2.05) is 26.1 Å². The molecule has 0 aliphatic heterocycles. The van der Waals surface area contributed by atoms with Crippen LogP contribution in [0, 0.1) is 13.8 Å². The summed E-state index contributed by atoms with van der Waals surface area (Å²) in [6.45, 7) is 4.73. The number of anilines is 1. The maximum absolute atomic E-state index is 4.18. The molecule has 5 nitrogen and oxygen atoms in total. The Morgan fingerprint density at radius 3 is 2.89 bits per heavy atom. The zero-order valence-electron chi connectivity index (χ0n) is 10.8. The van der Waals surface area contributed by atoms with E-state index in [4.69, 9.17) is 0 Å². The van der Waals surface area contributed by atoms with E-state index in [9.17, 15) is 0 Å². The Morgan fingerprint density at radius 1 is 1.32 bits per heavy atom. The van der Waals surface area contributed by atoms with Crippen molar-refractivity contribution in [2.24, 2.45) is 0 Å². The highest BCUT2D eigenvalue weighted by atomic mass is 32.1. The van der Waals surface area contributed by atoms with Gasteiger partial charge >= 0.3 is 0 Å². The zero-order chi connectivity index (χ0) is 13.2. The molecule has 3 N–H and O–H groups in total. The first kappa shape index (κ1) is 12.0. The smallest absolute Gasteiger partial charge is 0.0825 e. The van der Waals surface area contributed by atoms with Crippen molar-refractivity contribution < 1.29 is 0 Å². The highest BCUT2D eigenvalue weighted by molar-refractivity contribution is 7.13. The standard InChI is InChI=1S/C13H15N5S/c1-8-12(9(2)17-16-8)14-6-10-7-15-18-13(10)11-4-3-5-19-11/h3-5,7,14H,6H2,1-2H3,(H,15,18)(H,16,17). The Kier molecular flexibility index (Phi) is 3.08. The first-order valence-electron chi connectivity index (χ1n) is 6.07. The fourth-order valence-electron chi connectivity index (χ4n) is 2.07. The van der Waals surface area contributed by atoms with Crippen LogP contribution in [-0.4, -0.2) is 20.4 Å². The van der Waals surface area contributed by atoms with E-state index < -0.39 is 0 Å². The molecule has 0 radical (unpaired) electrons. The zero-order valence-corrected chi connectivity index (χ0v) is 11.6. The van der Waals surface area contributed by atoms with Crippen molar-refractivity contribution in [1.29, 1.82) is 0 Å². The van der Waals surface area contributed by atoms with Gasteiger partial charge in [0, 0.05) is 12.1 Å². The minimum Gasteiger partial charge on any atom is -0.378 e. The first-order valence-corrected chi connectivity index (χ1v) is 6.95. The number of hydrogen-bond donors (Lipinski definition) is 3. The van der Waals surface area contributed by atoms with E-state index >= 15 is 0 Å². The Bertz CT molecular complexity index is 646. The summed E-state index contributed by atoms with van der Waals surface area (Å²) in [4.78, 5) is 1.20. The Hall–Kier alpha value is -2.08. The van der Waals surface area contributed by atoms with Gasteiger partial charge in [-0.2, -0.15) is 10.2 Å². The first-order chi connectivity index (χ1) is 9.25. The van der Waals surface area contributed by atoms with Crippen molar-refractivity contribution in [3.05, 3.63) is 40.7 Å². The molecule has 0 unspecified atom stereocenters. The normalized spacial score (nSPS) is 10.8. The summed E-state index contributed by atoms with van der Waals surface area (Å²) in [5.41, 5.74) is 5.35. The highest BCUT2D eigenvalue weighted by Crippen LogP contribution is 2.26. The van der Waals surface area contributed by atoms with Crippen LogP contribution in [-0.2, 0) is 6.54 Å². The molecule has 0 aliphatic rings.